The fraction of sp³-hybridized carbons (Fsp3) is 0.571. The third kappa shape index (κ3) is 1.93. The van der Waals surface area contributed by atoms with Gasteiger partial charge in [-0.1, -0.05) is 40.9 Å². The zero-order valence-corrected chi connectivity index (χ0v) is 11.2. The summed E-state index contributed by atoms with van der Waals surface area (Å²) in [6.07, 6.45) is 6.93. The highest BCUT2D eigenvalue weighted by Gasteiger charge is 2.26. The molecule has 0 unspecified atom stereocenters. The Hall–Kier alpha value is -0.340. The van der Waals surface area contributed by atoms with Gasteiger partial charge in [-0.15, -0.1) is 0 Å². The molecule has 0 radical (unpaired) electrons. The summed E-state index contributed by atoms with van der Waals surface area (Å²) in [5.41, 5.74) is 3.07. The number of nitrogens with zero attached hydrogens (tertiary/aromatic N) is 1. The van der Waals surface area contributed by atoms with Crippen LogP contribution < -0.4 is 0 Å². The predicted molar refractivity (Wildman–Crippen MR) is 70.5 cm³/mol. The summed E-state index contributed by atoms with van der Waals surface area (Å²) < 4.78 is 1.30. The number of rotatable bonds is 1. The van der Waals surface area contributed by atoms with Gasteiger partial charge in [-0.05, 0) is 36.5 Å². The maximum absolute atomic E-state index is 3.67. The number of fused-ring (bicyclic) bond motifs is 1. The molecule has 1 fully saturated rings. The predicted octanol–water partition coefficient (Wildman–Crippen LogP) is 3.75. The zero-order chi connectivity index (χ0) is 11.0. The number of hydrogen-bond donors (Lipinski definition) is 0. The fourth-order valence-electron chi connectivity index (χ4n) is 3.17. The van der Waals surface area contributed by atoms with Crippen LogP contribution in [0.5, 0.6) is 0 Å². The minimum atomic E-state index is 0.868. The molecule has 3 rings (SSSR count). The van der Waals surface area contributed by atoms with Crippen LogP contribution in [0, 0.1) is 0 Å². The second-order valence-corrected chi connectivity index (χ2v) is 5.89. The summed E-state index contributed by atoms with van der Waals surface area (Å²) >= 11 is 3.67. The van der Waals surface area contributed by atoms with Crippen molar-refractivity contribution >= 4 is 15.9 Å². The first-order valence-electron chi connectivity index (χ1n) is 6.35. The van der Waals surface area contributed by atoms with E-state index in [0.29, 0.717) is 0 Å². The molecule has 1 aromatic carbocycles. The van der Waals surface area contributed by atoms with Gasteiger partial charge in [0.25, 0.3) is 0 Å². The first kappa shape index (κ1) is 10.8. The lowest BCUT2D eigenvalue weighted by Gasteiger charge is -2.34. The van der Waals surface area contributed by atoms with Gasteiger partial charge in [-0.2, -0.15) is 0 Å². The van der Waals surface area contributed by atoms with Crippen molar-refractivity contribution in [3.05, 3.63) is 33.8 Å². The van der Waals surface area contributed by atoms with E-state index < -0.39 is 0 Å². The Bertz CT molecular complexity index is 382. The number of halogens is 1. The van der Waals surface area contributed by atoms with Crippen LogP contribution in [-0.2, 0) is 13.0 Å². The topological polar surface area (TPSA) is 3.24 Å². The zero-order valence-electron chi connectivity index (χ0n) is 9.58. The van der Waals surface area contributed by atoms with Gasteiger partial charge in [0.15, 0.2) is 0 Å². The molecule has 0 N–H and O–H groups in total. The van der Waals surface area contributed by atoms with Crippen molar-refractivity contribution in [3.8, 4) is 0 Å². The minimum absolute atomic E-state index is 0.868. The molecule has 1 aliphatic carbocycles. The Morgan fingerprint density at radius 2 is 2.00 bits per heavy atom. The molecule has 2 heteroatoms. The van der Waals surface area contributed by atoms with Crippen LogP contribution in [0.1, 0.15) is 36.8 Å². The second-order valence-electron chi connectivity index (χ2n) is 5.04. The molecule has 1 nitrogen and oxygen atoms in total. The molecule has 1 heterocycles. The molecule has 1 aliphatic heterocycles. The van der Waals surface area contributed by atoms with Gasteiger partial charge in [-0.3, -0.25) is 4.90 Å². The molecular weight excluding hydrogens is 262 g/mol. The smallest absolute Gasteiger partial charge is 0.0239 e. The van der Waals surface area contributed by atoms with Gasteiger partial charge in [0.2, 0.25) is 0 Å². The Morgan fingerprint density at radius 3 is 2.81 bits per heavy atom. The Balaban J connectivity index is 1.80. The third-order valence-electron chi connectivity index (χ3n) is 4.08. The maximum atomic E-state index is 3.67. The molecule has 86 valence electrons. The van der Waals surface area contributed by atoms with Gasteiger partial charge in [-0.25, -0.2) is 0 Å². The van der Waals surface area contributed by atoms with E-state index in [9.17, 15) is 0 Å². The van der Waals surface area contributed by atoms with Crippen LogP contribution in [0.25, 0.3) is 0 Å². The van der Waals surface area contributed by atoms with E-state index in [0.717, 1.165) is 6.04 Å². The fourth-order valence-corrected chi connectivity index (χ4v) is 3.77. The van der Waals surface area contributed by atoms with Gasteiger partial charge in [0, 0.05) is 23.6 Å². The quantitative estimate of drug-likeness (QED) is 0.757. The van der Waals surface area contributed by atoms with Gasteiger partial charge < -0.3 is 0 Å². The van der Waals surface area contributed by atoms with E-state index in [1.165, 1.54) is 60.8 Å². The van der Waals surface area contributed by atoms with Crippen LogP contribution in [0.4, 0.5) is 0 Å². The first-order chi connectivity index (χ1) is 7.84. The molecule has 2 aliphatic rings. The summed E-state index contributed by atoms with van der Waals surface area (Å²) in [4.78, 5) is 2.70. The van der Waals surface area contributed by atoms with Crippen molar-refractivity contribution in [2.24, 2.45) is 0 Å². The van der Waals surface area contributed by atoms with Crippen molar-refractivity contribution in [2.75, 3.05) is 6.54 Å². The van der Waals surface area contributed by atoms with Crippen LogP contribution in [-0.4, -0.2) is 17.5 Å². The molecule has 0 amide bonds. The van der Waals surface area contributed by atoms with Crippen LogP contribution >= 0.6 is 15.9 Å². The monoisotopic (exact) mass is 279 g/mol. The summed E-state index contributed by atoms with van der Waals surface area (Å²) in [6, 6.07) is 7.50. The molecule has 16 heavy (non-hydrogen) atoms. The highest BCUT2D eigenvalue weighted by molar-refractivity contribution is 9.10. The highest BCUT2D eigenvalue weighted by Crippen LogP contribution is 2.31. The molecule has 0 atom stereocenters. The summed E-state index contributed by atoms with van der Waals surface area (Å²) in [7, 11) is 0. The van der Waals surface area contributed by atoms with Gasteiger partial charge in [0.1, 0.15) is 0 Å². The average molecular weight is 280 g/mol. The Kier molecular flexibility index (Phi) is 3.03. The molecule has 1 saturated carbocycles. The molecule has 0 spiro atoms. The van der Waals surface area contributed by atoms with Crippen molar-refractivity contribution < 1.29 is 0 Å². The van der Waals surface area contributed by atoms with E-state index in [-0.39, 0.29) is 0 Å². The van der Waals surface area contributed by atoms with Crippen molar-refractivity contribution in [2.45, 2.75) is 44.7 Å². The molecule has 1 aromatic rings. The third-order valence-corrected chi connectivity index (χ3v) is 4.82. The molecule has 0 saturated heterocycles. The summed E-state index contributed by atoms with van der Waals surface area (Å²) in [5.74, 6) is 0. The molecule has 0 bridgehead atoms. The standard InChI is InChI=1S/C14H18BrN/c15-14-7-3-4-11-10-16(9-8-13(11)14)12-5-1-2-6-12/h3-4,7,12H,1-2,5-6,8-10H2. The highest BCUT2D eigenvalue weighted by atomic mass is 79.9. The largest absolute Gasteiger partial charge is 0.296 e. The lowest BCUT2D eigenvalue weighted by atomic mass is 9.98. The Labute approximate surface area is 106 Å². The maximum Gasteiger partial charge on any atom is 0.0239 e. The molecule has 0 aromatic heterocycles. The van der Waals surface area contributed by atoms with Gasteiger partial charge in [0.05, 0.1) is 0 Å². The van der Waals surface area contributed by atoms with E-state index in [1.54, 1.807) is 0 Å². The van der Waals surface area contributed by atoms with E-state index in [2.05, 4.69) is 39.0 Å². The van der Waals surface area contributed by atoms with E-state index in [1.807, 2.05) is 0 Å². The van der Waals surface area contributed by atoms with Crippen molar-refractivity contribution in [3.63, 3.8) is 0 Å². The van der Waals surface area contributed by atoms with E-state index in [4.69, 9.17) is 0 Å². The molecular formula is C14H18BrN. The summed E-state index contributed by atoms with van der Waals surface area (Å²) in [5, 5.41) is 0. The lowest BCUT2D eigenvalue weighted by Crippen LogP contribution is -2.37. The average Bonchev–Trinajstić information content (AvgIpc) is 2.82. The lowest BCUT2D eigenvalue weighted by molar-refractivity contribution is 0.181. The second kappa shape index (κ2) is 4.50. The normalized spacial score (nSPS) is 22.3. The van der Waals surface area contributed by atoms with Gasteiger partial charge >= 0.3 is 0 Å². The van der Waals surface area contributed by atoms with Crippen LogP contribution in [0.15, 0.2) is 22.7 Å². The van der Waals surface area contributed by atoms with E-state index >= 15 is 0 Å². The van der Waals surface area contributed by atoms with Crippen LogP contribution in [0.2, 0.25) is 0 Å². The summed E-state index contributed by atoms with van der Waals surface area (Å²) in [6.45, 7) is 2.42. The van der Waals surface area contributed by atoms with Crippen molar-refractivity contribution in [1.82, 2.24) is 4.90 Å². The van der Waals surface area contributed by atoms with Crippen molar-refractivity contribution in [1.29, 1.82) is 0 Å². The number of hydrogen-bond acceptors (Lipinski definition) is 1. The number of benzene rings is 1. The minimum Gasteiger partial charge on any atom is -0.296 e. The Morgan fingerprint density at radius 1 is 1.19 bits per heavy atom. The first-order valence-corrected chi connectivity index (χ1v) is 7.14. The SMILES string of the molecule is Brc1cccc2c1CCN(C1CCCC1)C2. The van der Waals surface area contributed by atoms with Crippen LogP contribution in [0.3, 0.4) is 0 Å².